The van der Waals surface area contributed by atoms with Gasteiger partial charge in [-0.3, -0.25) is 4.99 Å². The van der Waals surface area contributed by atoms with E-state index in [-0.39, 0.29) is 6.04 Å². The number of guanidine groups is 1. The van der Waals surface area contributed by atoms with Crippen LogP contribution < -0.4 is 15.5 Å². The van der Waals surface area contributed by atoms with Crippen LogP contribution >= 0.6 is 0 Å². The smallest absolute Gasteiger partial charge is 0.191 e. The zero-order valence-corrected chi connectivity index (χ0v) is 13.6. The largest absolute Gasteiger partial charge is 0.383 e. The zero-order chi connectivity index (χ0) is 16.7. The fourth-order valence-electron chi connectivity index (χ4n) is 2.60. The van der Waals surface area contributed by atoms with Crippen molar-refractivity contribution < 1.29 is 13.5 Å². The Morgan fingerprint density at radius 1 is 1.43 bits per heavy atom. The number of anilines is 1. The summed E-state index contributed by atoms with van der Waals surface area (Å²) in [4.78, 5) is 6.34. The van der Waals surface area contributed by atoms with E-state index in [0.717, 1.165) is 31.5 Å². The number of ether oxygens (including phenoxy) is 1. The molecule has 0 spiro atoms. The number of rotatable bonds is 6. The minimum Gasteiger partial charge on any atom is -0.383 e. The maximum atomic E-state index is 13.9. The molecule has 5 nitrogen and oxygen atoms in total. The van der Waals surface area contributed by atoms with Gasteiger partial charge in [-0.2, -0.15) is 0 Å². The van der Waals surface area contributed by atoms with Crippen molar-refractivity contribution in [2.45, 2.75) is 19.4 Å². The van der Waals surface area contributed by atoms with Gasteiger partial charge in [-0.25, -0.2) is 8.78 Å². The summed E-state index contributed by atoms with van der Waals surface area (Å²) in [5, 5.41) is 6.53. The molecule has 7 heteroatoms. The molecule has 2 N–H and O–H groups in total. The molecule has 128 valence electrons. The molecule has 1 aromatic rings. The van der Waals surface area contributed by atoms with Gasteiger partial charge < -0.3 is 20.3 Å². The number of halogens is 2. The van der Waals surface area contributed by atoms with Crippen molar-refractivity contribution in [1.29, 1.82) is 0 Å². The number of hydrogen-bond acceptors (Lipinski definition) is 3. The predicted octanol–water partition coefficient (Wildman–Crippen LogP) is 1.74. The molecule has 0 radical (unpaired) electrons. The highest BCUT2D eigenvalue weighted by atomic mass is 19.1. The fraction of sp³-hybridized carbons (Fsp3) is 0.562. The molecule has 0 bridgehead atoms. The maximum Gasteiger partial charge on any atom is 0.191 e. The summed E-state index contributed by atoms with van der Waals surface area (Å²) in [6, 6.07) is 3.87. The second-order valence-electron chi connectivity index (χ2n) is 5.43. The Morgan fingerprint density at radius 2 is 2.26 bits per heavy atom. The molecule has 1 atom stereocenters. The van der Waals surface area contributed by atoms with E-state index in [2.05, 4.69) is 15.6 Å². The van der Waals surface area contributed by atoms with Crippen LogP contribution in [0, 0.1) is 11.6 Å². The van der Waals surface area contributed by atoms with E-state index in [9.17, 15) is 8.78 Å². The normalized spacial score (nSPS) is 18.3. The fourth-order valence-corrected chi connectivity index (χ4v) is 2.60. The Bertz CT molecular complexity index is 539. The third-order valence-electron chi connectivity index (χ3n) is 3.69. The van der Waals surface area contributed by atoms with E-state index < -0.39 is 11.6 Å². The van der Waals surface area contributed by atoms with Crippen LogP contribution in [0.3, 0.4) is 0 Å². The van der Waals surface area contributed by atoms with Crippen LogP contribution in [0.1, 0.15) is 13.3 Å². The summed E-state index contributed by atoms with van der Waals surface area (Å²) in [5.74, 6) is -0.345. The van der Waals surface area contributed by atoms with Crippen LogP contribution in [0.4, 0.5) is 14.5 Å². The topological polar surface area (TPSA) is 48.9 Å². The molecule has 2 rings (SSSR count). The van der Waals surface area contributed by atoms with E-state index in [1.165, 1.54) is 12.1 Å². The van der Waals surface area contributed by atoms with Gasteiger partial charge in [0.1, 0.15) is 11.6 Å². The van der Waals surface area contributed by atoms with Crippen LogP contribution in [0.25, 0.3) is 0 Å². The highest BCUT2D eigenvalue weighted by molar-refractivity contribution is 5.80. The van der Waals surface area contributed by atoms with Gasteiger partial charge in [0.15, 0.2) is 5.96 Å². The molecule has 0 saturated carbocycles. The molecule has 1 unspecified atom stereocenters. The van der Waals surface area contributed by atoms with Gasteiger partial charge in [0.25, 0.3) is 0 Å². The van der Waals surface area contributed by atoms with Gasteiger partial charge in [0.2, 0.25) is 0 Å². The van der Waals surface area contributed by atoms with Crippen molar-refractivity contribution in [2.75, 3.05) is 44.8 Å². The third-order valence-corrected chi connectivity index (χ3v) is 3.69. The van der Waals surface area contributed by atoms with Crippen molar-refractivity contribution in [3.63, 3.8) is 0 Å². The summed E-state index contributed by atoms with van der Waals surface area (Å²) in [6.07, 6.45) is 0.867. The van der Waals surface area contributed by atoms with Gasteiger partial charge in [0, 0.05) is 38.9 Å². The minimum absolute atomic E-state index is 0.166. The minimum atomic E-state index is -0.556. The third kappa shape index (κ3) is 5.06. The van der Waals surface area contributed by atoms with Crippen LogP contribution in [-0.2, 0) is 4.74 Å². The molecule has 0 amide bonds. The molecule has 1 aliphatic rings. The summed E-state index contributed by atoms with van der Waals surface area (Å²) >= 11 is 0. The molecule has 1 fully saturated rings. The summed E-state index contributed by atoms with van der Waals surface area (Å²) < 4.78 is 31.9. The molecule has 1 saturated heterocycles. The van der Waals surface area contributed by atoms with Crippen LogP contribution in [0.2, 0.25) is 0 Å². The summed E-state index contributed by atoms with van der Waals surface area (Å²) in [7, 11) is 1.64. The lowest BCUT2D eigenvalue weighted by molar-refractivity contribution is 0.208. The van der Waals surface area contributed by atoms with Gasteiger partial charge >= 0.3 is 0 Å². The Labute approximate surface area is 135 Å². The van der Waals surface area contributed by atoms with Crippen LogP contribution in [0.5, 0.6) is 0 Å². The van der Waals surface area contributed by atoms with Crippen molar-refractivity contribution in [3.8, 4) is 0 Å². The quantitative estimate of drug-likeness (QED) is 0.475. The summed E-state index contributed by atoms with van der Waals surface area (Å²) in [6.45, 7) is 5.28. The van der Waals surface area contributed by atoms with Gasteiger partial charge in [-0.05, 0) is 25.5 Å². The molecule has 0 aliphatic carbocycles. The average Bonchev–Trinajstić information content (AvgIpc) is 2.96. The monoisotopic (exact) mass is 326 g/mol. The second kappa shape index (κ2) is 8.67. The number of methoxy groups -OCH3 is 1. The van der Waals surface area contributed by atoms with Gasteiger partial charge in [-0.15, -0.1) is 0 Å². The highest BCUT2D eigenvalue weighted by Gasteiger charge is 2.25. The first-order chi connectivity index (χ1) is 11.1. The van der Waals surface area contributed by atoms with E-state index in [0.29, 0.717) is 25.4 Å². The van der Waals surface area contributed by atoms with Crippen molar-refractivity contribution in [1.82, 2.24) is 10.6 Å². The molecule has 1 aliphatic heterocycles. The molecule has 0 aromatic heterocycles. The Balaban J connectivity index is 1.94. The first-order valence-corrected chi connectivity index (χ1v) is 7.87. The van der Waals surface area contributed by atoms with E-state index in [1.54, 1.807) is 7.11 Å². The molecular weight excluding hydrogens is 302 g/mol. The number of nitrogens with one attached hydrogen (secondary N) is 2. The van der Waals surface area contributed by atoms with Gasteiger partial charge in [-0.1, -0.05) is 0 Å². The Hall–Kier alpha value is -1.89. The number of benzene rings is 1. The predicted molar refractivity (Wildman–Crippen MR) is 88.0 cm³/mol. The molecule has 1 heterocycles. The maximum absolute atomic E-state index is 13.9. The Morgan fingerprint density at radius 3 is 2.96 bits per heavy atom. The van der Waals surface area contributed by atoms with Crippen LogP contribution in [-0.4, -0.2) is 51.9 Å². The summed E-state index contributed by atoms with van der Waals surface area (Å²) in [5.41, 5.74) is 0.442. The van der Waals surface area contributed by atoms with E-state index >= 15 is 0 Å². The zero-order valence-electron chi connectivity index (χ0n) is 13.6. The second-order valence-corrected chi connectivity index (χ2v) is 5.43. The lowest BCUT2D eigenvalue weighted by Gasteiger charge is -2.21. The highest BCUT2D eigenvalue weighted by Crippen LogP contribution is 2.24. The standard InChI is InChI=1S/C16H24F2N4O/c1-3-19-16(20-7-9-23-2)21-13-6-8-22(11-13)15-5-4-12(17)10-14(15)18/h4-5,10,13H,3,6-9,11H2,1-2H3,(H2,19,20,21). The van der Waals surface area contributed by atoms with E-state index in [1.807, 2.05) is 11.8 Å². The number of hydrogen-bond donors (Lipinski definition) is 2. The molecule has 1 aromatic carbocycles. The lowest BCUT2D eigenvalue weighted by atomic mass is 10.2. The molecular formula is C16H24F2N4O. The van der Waals surface area contributed by atoms with Crippen molar-refractivity contribution >= 4 is 11.6 Å². The van der Waals surface area contributed by atoms with Crippen molar-refractivity contribution in [2.24, 2.45) is 4.99 Å². The molecule has 23 heavy (non-hydrogen) atoms. The average molecular weight is 326 g/mol. The number of nitrogens with zero attached hydrogens (tertiary/aromatic N) is 2. The lowest BCUT2D eigenvalue weighted by Crippen LogP contribution is -2.44. The van der Waals surface area contributed by atoms with Crippen LogP contribution in [0.15, 0.2) is 23.2 Å². The Kier molecular flexibility index (Phi) is 6.58. The van der Waals surface area contributed by atoms with Gasteiger partial charge in [0.05, 0.1) is 18.8 Å². The van der Waals surface area contributed by atoms with E-state index in [4.69, 9.17) is 4.74 Å². The number of aliphatic imine (C=N–C) groups is 1. The SMILES string of the molecule is CCNC(=NCCOC)NC1CCN(c2ccc(F)cc2F)C1. The first-order valence-electron chi connectivity index (χ1n) is 7.87. The van der Waals surface area contributed by atoms with Crippen molar-refractivity contribution in [3.05, 3.63) is 29.8 Å². The first kappa shape index (κ1) is 17.5.